The van der Waals surface area contributed by atoms with Crippen molar-refractivity contribution in [3.05, 3.63) is 47.3 Å². The van der Waals surface area contributed by atoms with Crippen LogP contribution >= 0.6 is 0 Å². The molecule has 0 bridgehead atoms. The fraction of sp³-hybridized carbons (Fsp3) is 0.333. The average Bonchev–Trinajstić information content (AvgIpc) is 2.80. The maximum atomic E-state index is 12.1. The molecule has 2 rings (SSSR count). The molecule has 2 N–H and O–H groups in total. The Morgan fingerprint density at radius 1 is 1.26 bits per heavy atom. The molecule has 0 spiro atoms. The van der Waals surface area contributed by atoms with Crippen LogP contribution in [0.4, 0.5) is 18.9 Å². The Labute approximate surface area is 131 Å². The highest BCUT2D eigenvalue weighted by molar-refractivity contribution is 5.94. The van der Waals surface area contributed by atoms with E-state index >= 15 is 0 Å². The number of anilines is 1. The number of rotatable bonds is 5. The van der Waals surface area contributed by atoms with Crippen LogP contribution in [0.3, 0.4) is 0 Å². The molecule has 0 aliphatic carbocycles. The molecule has 5 nitrogen and oxygen atoms in total. The summed E-state index contributed by atoms with van der Waals surface area (Å²) in [6.07, 6.45) is -2.51. The number of aromatic nitrogens is 2. The lowest BCUT2D eigenvalue weighted by atomic mass is 10.2. The predicted octanol–water partition coefficient (Wildman–Crippen LogP) is 2.63. The summed E-state index contributed by atoms with van der Waals surface area (Å²) in [6, 6.07) is 6.22. The van der Waals surface area contributed by atoms with Gasteiger partial charge in [-0.3, -0.25) is 9.48 Å². The number of benzene rings is 1. The van der Waals surface area contributed by atoms with Crippen molar-refractivity contribution in [3.8, 4) is 0 Å². The molecule has 1 amide bonds. The molecule has 1 aromatic carbocycles. The number of halogens is 3. The Balaban J connectivity index is 1.91. The summed E-state index contributed by atoms with van der Waals surface area (Å²) in [5, 5.41) is 9.28. The van der Waals surface area contributed by atoms with E-state index in [1.165, 1.54) is 12.1 Å². The first-order valence-electron chi connectivity index (χ1n) is 6.92. The minimum atomic E-state index is -4.42. The molecule has 8 heteroatoms. The van der Waals surface area contributed by atoms with Crippen LogP contribution in [-0.4, -0.2) is 28.4 Å². The predicted molar refractivity (Wildman–Crippen MR) is 80.1 cm³/mol. The third kappa shape index (κ3) is 5.01. The van der Waals surface area contributed by atoms with Gasteiger partial charge in [0.05, 0.1) is 12.2 Å². The van der Waals surface area contributed by atoms with Crippen LogP contribution in [0.5, 0.6) is 0 Å². The van der Waals surface area contributed by atoms with Crippen molar-refractivity contribution >= 4 is 11.6 Å². The van der Waals surface area contributed by atoms with E-state index in [1.807, 2.05) is 25.5 Å². The molecular formula is C15H17F3N4O. The zero-order valence-electron chi connectivity index (χ0n) is 12.7. The van der Waals surface area contributed by atoms with Gasteiger partial charge in [-0.05, 0) is 36.8 Å². The number of carbonyl (C=O) groups excluding carboxylic acids is 1. The smallest absolute Gasteiger partial charge is 0.379 e. The number of nitrogens with one attached hydrogen (secondary N) is 2. The van der Waals surface area contributed by atoms with Crippen LogP contribution < -0.4 is 10.6 Å². The van der Waals surface area contributed by atoms with Gasteiger partial charge < -0.3 is 10.6 Å². The number of alkyl halides is 3. The summed E-state index contributed by atoms with van der Waals surface area (Å²) >= 11 is 0. The fourth-order valence-corrected chi connectivity index (χ4v) is 2.04. The van der Waals surface area contributed by atoms with Crippen molar-refractivity contribution in [2.24, 2.45) is 7.05 Å². The van der Waals surface area contributed by atoms with Gasteiger partial charge in [0, 0.05) is 24.5 Å². The maximum absolute atomic E-state index is 12.1. The minimum absolute atomic E-state index is 0.175. The van der Waals surface area contributed by atoms with Gasteiger partial charge in [-0.2, -0.15) is 18.3 Å². The summed E-state index contributed by atoms with van der Waals surface area (Å²) in [5.41, 5.74) is 2.89. The Morgan fingerprint density at radius 3 is 2.43 bits per heavy atom. The van der Waals surface area contributed by atoms with Gasteiger partial charge >= 0.3 is 6.18 Å². The first kappa shape index (κ1) is 16.9. The molecular weight excluding hydrogens is 309 g/mol. The summed E-state index contributed by atoms with van der Waals surface area (Å²) in [6.45, 7) is 1.13. The van der Waals surface area contributed by atoms with Crippen LogP contribution in [0.1, 0.15) is 21.6 Å². The van der Waals surface area contributed by atoms with E-state index in [1.54, 1.807) is 16.8 Å². The second-order valence-corrected chi connectivity index (χ2v) is 5.16. The Kier molecular flexibility index (Phi) is 4.92. The molecule has 124 valence electrons. The summed E-state index contributed by atoms with van der Waals surface area (Å²) < 4.78 is 37.9. The maximum Gasteiger partial charge on any atom is 0.405 e. The number of amides is 1. The van der Waals surface area contributed by atoms with E-state index in [0.29, 0.717) is 6.54 Å². The van der Waals surface area contributed by atoms with E-state index in [9.17, 15) is 18.0 Å². The fourth-order valence-electron chi connectivity index (χ4n) is 2.04. The molecule has 1 aromatic heterocycles. The molecule has 0 saturated carbocycles. The van der Waals surface area contributed by atoms with E-state index in [-0.39, 0.29) is 5.56 Å². The number of aryl methyl sites for hydroxylation is 2. The molecule has 1 heterocycles. The number of carbonyl (C=O) groups is 1. The zero-order chi connectivity index (χ0) is 17.0. The van der Waals surface area contributed by atoms with Crippen LogP contribution in [0.25, 0.3) is 0 Å². The third-order valence-electron chi connectivity index (χ3n) is 3.17. The van der Waals surface area contributed by atoms with Gasteiger partial charge in [0.25, 0.3) is 5.91 Å². The normalized spacial score (nSPS) is 11.3. The largest absolute Gasteiger partial charge is 0.405 e. The van der Waals surface area contributed by atoms with Crippen molar-refractivity contribution in [3.63, 3.8) is 0 Å². The Hall–Kier alpha value is -2.51. The number of hydrogen-bond acceptors (Lipinski definition) is 3. The number of hydrogen-bond donors (Lipinski definition) is 2. The summed E-state index contributed by atoms with van der Waals surface area (Å²) in [4.78, 5) is 11.6. The first-order valence-corrected chi connectivity index (χ1v) is 6.92. The highest BCUT2D eigenvalue weighted by Crippen LogP contribution is 2.14. The van der Waals surface area contributed by atoms with Crippen molar-refractivity contribution in [1.29, 1.82) is 0 Å². The van der Waals surface area contributed by atoms with Gasteiger partial charge in [-0.1, -0.05) is 0 Å². The monoisotopic (exact) mass is 326 g/mol. The molecule has 0 aliphatic heterocycles. The number of nitrogens with zero attached hydrogens (tertiary/aromatic N) is 2. The van der Waals surface area contributed by atoms with Crippen LogP contribution in [-0.2, 0) is 13.6 Å². The van der Waals surface area contributed by atoms with E-state index in [4.69, 9.17) is 0 Å². The molecule has 0 fully saturated rings. The summed E-state index contributed by atoms with van der Waals surface area (Å²) in [5.74, 6) is -0.755. The van der Waals surface area contributed by atoms with Crippen LogP contribution in [0.15, 0.2) is 30.5 Å². The van der Waals surface area contributed by atoms with E-state index < -0.39 is 18.6 Å². The van der Waals surface area contributed by atoms with Gasteiger partial charge in [-0.15, -0.1) is 0 Å². The molecule has 23 heavy (non-hydrogen) atoms. The second-order valence-electron chi connectivity index (χ2n) is 5.16. The third-order valence-corrected chi connectivity index (χ3v) is 3.17. The Bertz CT molecular complexity index is 677. The topological polar surface area (TPSA) is 59.0 Å². The Morgan fingerprint density at radius 2 is 1.91 bits per heavy atom. The second kappa shape index (κ2) is 6.72. The van der Waals surface area contributed by atoms with Crippen LogP contribution in [0, 0.1) is 6.92 Å². The first-order chi connectivity index (χ1) is 10.7. The molecule has 0 unspecified atom stereocenters. The molecule has 0 atom stereocenters. The van der Waals surface area contributed by atoms with Crippen molar-refractivity contribution in [2.45, 2.75) is 19.6 Å². The lowest BCUT2D eigenvalue weighted by molar-refractivity contribution is -0.123. The lowest BCUT2D eigenvalue weighted by Gasteiger charge is -2.09. The molecule has 0 aliphatic rings. The van der Waals surface area contributed by atoms with Crippen LogP contribution in [0.2, 0.25) is 0 Å². The van der Waals surface area contributed by atoms with Crippen molar-refractivity contribution < 1.29 is 18.0 Å². The highest BCUT2D eigenvalue weighted by Gasteiger charge is 2.27. The van der Waals surface area contributed by atoms with E-state index in [0.717, 1.165) is 16.9 Å². The standard InChI is InChI=1S/C15H17F3N4O/c1-10-8-22(2)21-13(10)7-19-12-5-3-11(4-6-12)14(23)20-9-15(16,17)18/h3-6,8,19H,7,9H2,1-2H3,(H,20,23). The van der Waals surface area contributed by atoms with Crippen molar-refractivity contribution in [1.82, 2.24) is 15.1 Å². The van der Waals surface area contributed by atoms with E-state index in [2.05, 4.69) is 10.4 Å². The van der Waals surface area contributed by atoms with Gasteiger partial charge in [-0.25, -0.2) is 0 Å². The molecule has 0 radical (unpaired) electrons. The lowest BCUT2D eigenvalue weighted by Crippen LogP contribution is -2.33. The van der Waals surface area contributed by atoms with Gasteiger partial charge in [0.2, 0.25) is 0 Å². The molecule has 0 saturated heterocycles. The minimum Gasteiger partial charge on any atom is -0.379 e. The summed E-state index contributed by atoms with van der Waals surface area (Å²) in [7, 11) is 1.84. The van der Waals surface area contributed by atoms with Gasteiger partial charge in [0.1, 0.15) is 6.54 Å². The molecule has 2 aromatic rings. The zero-order valence-corrected chi connectivity index (χ0v) is 12.7. The van der Waals surface area contributed by atoms with Crippen molar-refractivity contribution in [2.75, 3.05) is 11.9 Å². The quantitative estimate of drug-likeness (QED) is 0.888. The van der Waals surface area contributed by atoms with Gasteiger partial charge in [0.15, 0.2) is 0 Å². The highest BCUT2D eigenvalue weighted by atomic mass is 19.4. The SMILES string of the molecule is Cc1cn(C)nc1CNc1ccc(C(=O)NCC(F)(F)F)cc1. The average molecular weight is 326 g/mol.